The Morgan fingerprint density at radius 1 is 1.44 bits per heavy atom. The van der Waals surface area contributed by atoms with Gasteiger partial charge < -0.3 is 5.32 Å². The number of aryl methyl sites for hydroxylation is 1. The lowest BCUT2D eigenvalue weighted by Crippen LogP contribution is -2.02. The summed E-state index contributed by atoms with van der Waals surface area (Å²) in [7, 11) is 0. The first kappa shape index (κ1) is 12.4. The molecule has 0 fully saturated rings. The van der Waals surface area contributed by atoms with Crippen LogP contribution in [0.2, 0.25) is 0 Å². The molecule has 0 saturated heterocycles. The Kier molecular flexibility index (Phi) is 3.83. The highest BCUT2D eigenvalue weighted by molar-refractivity contribution is 7.09. The number of hydrogen-bond acceptors (Lipinski definition) is 6. The predicted octanol–water partition coefficient (Wildman–Crippen LogP) is 2.62. The monoisotopic (exact) mass is 264 g/mol. The van der Waals surface area contributed by atoms with Crippen LogP contribution in [-0.4, -0.2) is 14.3 Å². The molecule has 0 unspecified atom stereocenters. The van der Waals surface area contributed by atoms with E-state index in [-0.39, 0.29) is 10.6 Å². The number of aromatic nitrogens is 2. The molecule has 0 bridgehead atoms. The lowest BCUT2D eigenvalue weighted by atomic mass is 10.2. The first-order valence-corrected chi connectivity index (χ1v) is 6.26. The van der Waals surface area contributed by atoms with E-state index in [2.05, 4.69) is 14.7 Å². The molecule has 0 saturated carbocycles. The fraction of sp³-hybridized carbons (Fsp3) is 0.273. The minimum absolute atomic E-state index is 0.116. The number of anilines is 1. The molecular weight excluding hydrogens is 252 g/mol. The lowest BCUT2D eigenvalue weighted by molar-refractivity contribution is -0.385. The maximum absolute atomic E-state index is 10.8. The van der Waals surface area contributed by atoms with Crippen molar-refractivity contribution in [2.45, 2.75) is 19.9 Å². The summed E-state index contributed by atoms with van der Waals surface area (Å²) in [6.45, 7) is 2.35. The standard InChI is InChI=1S/C11H12N4O2S/c1-2-10-13-11(18-14-10)12-7-8-5-3-4-6-9(8)15(16)17/h3-6H,2,7H2,1H3,(H,12,13,14). The van der Waals surface area contributed by atoms with Crippen LogP contribution in [0, 0.1) is 10.1 Å². The highest BCUT2D eigenvalue weighted by Crippen LogP contribution is 2.19. The van der Waals surface area contributed by atoms with Gasteiger partial charge >= 0.3 is 0 Å². The minimum atomic E-state index is -0.380. The molecular formula is C11H12N4O2S. The topological polar surface area (TPSA) is 81.0 Å². The quantitative estimate of drug-likeness (QED) is 0.663. The molecule has 0 aliphatic carbocycles. The summed E-state index contributed by atoms with van der Waals surface area (Å²) in [5.74, 6) is 0.782. The summed E-state index contributed by atoms with van der Waals surface area (Å²) in [5, 5.41) is 14.6. The number of nitro groups is 1. The molecule has 0 atom stereocenters. The van der Waals surface area contributed by atoms with Crippen molar-refractivity contribution in [3.05, 3.63) is 45.8 Å². The van der Waals surface area contributed by atoms with Crippen LogP contribution in [0.25, 0.3) is 0 Å². The second-order valence-electron chi connectivity index (χ2n) is 3.61. The zero-order valence-electron chi connectivity index (χ0n) is 9.79. The summed E-state index contributed by atoms with van der Waals surface area (Å²) in [6.07, 6.45) is 0.781. The van der Waals surface area contributed by atoms with Gasteiger partial charge in [0.05, 0.1) is 4.92 Å². The zero-order chi connectivity index (χ0) is 13.0. The van der Waals surface area contributed by atoms with Gasteiger partial charge in [0.1, 0.15) is 5.82 Å². The van der Waals surface area contributed by atoms with Crippen LogP contribution in [0.15, 0.2) is 24.3 Å². The van der Waals surface area contributed by atoms with Gasteiger partial charge in [-0.25, -0.2) is 4.98 Å². The van der Waals surface area contributed by atoms with E-state index in [0.29, 0.717) is 17.2 Å². The van der Waals surface area contributed by atoms with Crippen molar-refractivity contribution in [3.8, 4) is 0 Å². The molecule has 1 N–H and O–H groups in total. The van der Waals surface area contributed by atoms with Crippen LogP contribution in [0.1, 0.15) is 18.3 Å². The van der Waals surface area contributed by atoms with Crippen LogP contribution in [0.3, 0.4) is 0 Å². The molecule has 1 aromatic heterocycles. The second-order valence-corrected chi connectivity index (χ2v) is 4.36. The van der Waals surface area contributed by atoms with Crippen molar-refractivity contribution in [1.29, 1.82) is 0 Å². The lowest BCUT2D eigenvalue weighted by Gasteiger charge is -2.03. The van der Waals surface area contributed by atoms with Crippen molar-refractivity contribution in [3.63, 3.8) is 0 Å². The van der Waals surface area contributed by atoms with Gasteiger partial charge in [-0.05, 0) is 0 Å². The molecule has 2 aromatic rings. The SMILES string of the molecule is CCc1nsc(NCc2ccccc2[N+](=O)[O-])n1. The van der Waals surface area contributed by atoms with E-state index in [1.54, 1.807) is 18.2 Å². The zero-order valence-corrected chi connectivity index (χ0v) is 10.6. The van der Waals surface area contributed by atoms with E-state index in [0.717, 1.165) is 12.2 Å². The smallest absolute Gasteiger partial charge is 0.274 e. The molecule has 0 radical (unpaired) electrons. The summed E-state index contributed by atoms with van der Waals surface area (Å²) >= 11 is 1.27. The second kappa shape index (κ2) is 5.54. The van der Waals surface area contributed by atoms with Crippen molar-refractivity contribution >= 4 is 22.4 Å². The number of hydrogen-bond donors (Lipinski definition) is 1. The van der Waals surface area contributed by atoms with Crippen LogP contribution in [0.4, 0.5) is 10.8 Å². The van der Waals surface area contributed by atoms with E-state index in [1.165, 1.54) is 17.6 Å². The molecule has 2 rings (SSSR count). The van der Waals surface area contributed by atoms with E-state index in [1.807, 2.05) is 6.92 Å². The summed E-state index contributed by atoms with van der Waals surface area (Å²) < 4.78 is 4.14. The Bertz CT molecular complexity index is 555. The van der Waals surface area contributed by atoms with Gasteiger partial charge in [-0.15, -0.1) is 0 Å². The van der Waals surface area contributed by atoms with Crippen molar-refractivity contribution in [2.75, 3.05) is 5.32 Å². The molecule has 6 nitrogen and oxygen atoms in total. The number of nitro benzene ring substituents is 1. The molecule has 0 spiro atoms. The van der Waals surface area contributed by atoms with E-state index >= 15 is 0 Å². The van der Waals surface area contributed by atoms with E-state index < -0.39 is 0 Å². The normalized spacial score (nSPS) is 10.3. The highest BCUT2D eigenvalue weighted by atomic mass is 32.1. The number of para-hydroxylation sites is 1. The Hall–Kier alpha value is -2.02. The molecule has 1 aromatic carbocycles. The van der Waals surface area contributed by atoms with Crippen LogP contribution in [-0.2, 0) is 13.0 Å². The van der Waals surface area contributed by atoms with Crippen LogP contribution in [0.5, 0.6) is 0 Å². The highest BCUT2D eigenvalue weighted by Gasteiger charge is 2.12. The Morgan fingerprint density at radius 2 is 2.22 bits per heavy atom. The van der Waals surface area contributed by atoms with Gasteiger partial charge in [0.2, 0.25) is 5.13 Å². The maximum Gasteiger partial charge on any atom is 0.274 e. The van der Waals surface area contributed by atoms with Crippen molar-refractivity contribution < 1.29 is 4.92 Å². The first-order chi connectivity index (χ1) is 8.70. The van der Waals surface area contributed by atoms with Crippen LogP contribution < -0.4 is 5.32 Å². The summed E-state index contributed by atoms with van der Waals surface area (Å²) in [6, 6.07) is 6.66. The van der Waals surface area contributed by atoms with Crippen molar-refractivity contribution in [2.24, 2.45) is 0 Å². The third-order valence-corrected chi connectivity index (χ3v) is 3.11. The maximum atomic E-state index is 10.8. The molecule has 0 aliphatic heterocycles. The average molecular weight is 264 g/mol. The third kappa shape index (κ3) is 2.80. The fourth-order valence-electron chi connectivity index (χ4n) is 1.48. The first-order valence-electron chi connectivity index (χ1n) is 5.49. The van der Waals surface area contributed by atoms with Gasteiger partial charge in [0.15, 0.2) is 0 Å². The van der Waals surface area contributed by atoms with Crippen molar-refractivity contribution in [1.82, 2.24) is 9.36 Å². The molecule has 1 heterocycles. The number of rotatable bonds is 5. The van der Waals surface area contributed by atoms with Gasteiger partial charge in [0, 0.05) is 36.1 Å². The number of nitrogens with zero attached hydrogens (tertiary/aromatic N) is 3. The Morgan fingerprint density at radius 3 is 2.89 bits per heavy atom. The molecule has 7 heteroatoms. The molecule has 94 valence electrons. The largest absolute Gasteiger partial charge is 0.356 e. The molecule has 0 amide bonds. The predicted molar refractivity (Wildman–Crippen MR) is 69.7 cm³/mol. The Labute approximate surface area is 108 Å². The van der Waals surface area contributed by atoms with Crippen LogP contribution >= 0.6 is 11.5 Å². The third-order valence-electron chi connectivity index (χ3n) is 2.40. The number of nitrogens with one attached hydrogen (secondary N) is 1. The average Bonchev–Trinajstić information content (AvgIpc) is 2.84. The van der Waals surface area contributed by atoms with Gasteiger partial charge in [-0.2, -0.15) is 4.37 Å². The molecule has 18 heavy (non-hydrogen) atoms. The fourth-order valence-corrected chi connectivity index (χ4v) is 2.12. The van der Waals surface area contributed by atoms with E-state index in [4.69, 9.17) is 0 Å². The summed E-state index contributed by atoms with van der Waals surface area (Å²) in [4.78, 5) is 14.7. The summed E-state index contributed by atoms with van der Waals surface area (Å²) in [5.41, 5.74) is 0.751. The minimum Gasteiger partial charge on any atom is -0.356 e. The van der Waals surface area contributed by atoms with E-state index in [9.17, 15) is 10.1 Å². The number of benzene rings is 1. The van der Waals surface area contributed by atoms with Gasteiger partial charge in [0.25, 0.3) is 5.69 Å². The molecule has 0 aliphatic rings. The van der Waals surface area contributed by atoms with Gasteiger partial charge in [-0.1, -0.05) is 25.1 Å². The Balaban J connectivity index is 2.08. The van der Waals surface area contributed by atoms with Gasteiger partial charge in [-0.3, -0.25) is 10.1 Å².